The number of para-hydroxylation sites is 1. The molecule has 2 atom stereocenters. The average molecular weight is 341 g/mol. The van der Waals surface area contributed by atoms with Crippen molar-refractivity contribution in [1.82, 2.24) is 5.32 Å². The third kappa shape index (κ3) is 3.19. The standard InChI is InChI=1S/C14H17BrN2O3/c1-8-4-3-7-16-11(8)13(18)17-12-9(14(19)20)5-2-6-10(12)15/h2,5-6,8,11,16H,3-4,7H2,1H3,(H,17,18)(H,19,20). The number of aromatic carboxylic acids is 1. The number of halogens is 1. The lowest BCUT2D eigenvalue weighted by Gasteiger charge is -2.29. The highest BCUT2D eigenvalue weighted by atomic mass is 79.9. The second kappa shape index (κ2) is 6.37. The maximum absolute atomic E-state index is 12.3. The average Bonchev–Trinajstić information content (AvgIpc) is 2.41. The van der Waals surface area contributed by atoms with Gasteiger partial charge in [0.15, 0.2) is 0 Å². The van der Waals surface area contributed by atoms with Gasteiger partial charge in [0.25, 0.3) is 0 Å². The minimum Gasteiger partial charge on any atom is -0.478 e. The molecule has 0 radical (unpaired) electrons. The Labute approximate surface area is 125 Å². The molecule has 1 fully saturated rings. The number of anilines is 1. The van der Waals surface area contributed by atoms with Crippen molar-refractivity contribution in [2.24, 2.45) is 5.92 Å². The monoisotopic (exact) mass is 340 g/mol. The number of carboxylic acid groups (broad SMARTS) is 1. The Balaban J connectivity index is 2.21. The van der Waals surface area contributed by atoms with Crippen LogP contribution in [0, 0.1) is 5.92 Å². The van der Waals surface area contributed by atoms with E-state index in [2.05, 4.69) is 26.6 Å². The van der Waals surface area contributed by atoms with E-state index in [-0.39, 0.29) is 23.4 Å². The molecular weight excluding hydrogens is 324 g/mol. The quantitative estimate of drug-likeness (QED) is 0.789. The largest absolute Gasteiger partial charge is 0.478 e. The summed E-state index contributed by atoms with van der Waals surface area (Å²) in [7, 11) is 0. The highest BCUT2D eigenvalue weighted by molar-refractivity contribution is 9.10. The molecule has 108 valence electrons. The zero-order valence-corrected chi connectivity index (χ0v) is 12.7. The molecule has 1 aliphatic rings. The van der Waals surface area contributed by atoms with E-state index in [1.54, 1.807) is 12.1 Å². The molecule has 2 rings (SSSR count). The first-order valence-electron chi connectivity index (χ1n) is 6.56. The van der Waals surface area contributed by atoms with Crippen LogP contribution in [0.2, 0.25) is 0 Å². The molecule has 3 N–H and O–H groups in total. The highest BCUT2D eigenvalue weighted by Gasteiger charge is 2.28. The van der Waals surface area contributed by atoms with Crippen molar-refractivity contribution in [2.75, 3.05) is 11.9 Å². The van der Waals surface area contributed by atoms with E-state index in [4.69, 9.17) is 0 Å². The Kier molecular flexibility index (Phi) is 4.77. The molecule has 1 amide bonds. The lowest BCUT2D eigenvalue weighted by Crippen LogP contribution is -2.48. The van der Waals surface area contributed by atoms with Crippen molar-refractivity contribution in [3.05, 3.63) is 28.2 Å². The Morgan fingerprint density at radius 2 is 2.20 bits per heavy atom. The molecule has 0 bridgehead atoms. The predicted molar refractivity (Wildman–Crippen MR) is 79.9 cm³/mol. The van der Waals surface area contributed by atoms with E-state index in [9.17, 15) is 14.7 Å². The molecule has 0 aliphatic carbocycles. The van der Waals surface area contributed by atoms with Crippen molar-refractivity contribution in [1.29, 1.82) is 0 Å². The zero-order chi connectivity index (χ0) is 14.7. The molecule has 1 aromatic carbocycles. The summed E-state index contributed by atoms with van der Waals surface area (Å²) < 4.78 is 0.564. The van der Waals surface area contributed by atoms with Gasteiger partial charge < -0.3 is 15.7 Å². The van der Waals surface area contributed by atoms with Crippen LogP contribution in [0.4, 0.5) is 5.69 Å². The smallest absolute Gasteiger partial charge is 0.337 e. The molecule has 6 heteroatoms. The van der Waals surface area contributed by atoms with Gasteiger partial charge in [0.2, 0.25) is 5.91 Å². The van der Waals surface area contributed by atoms with Crippen LogP contribution >= 0.6 is 15.9 Å². The van der Waals surface area contributed by atoms with Crippen LogP contribution in [0.1, 0.15) is 30.1 Å². The van der Waals surface area contributed by atoms with E-state index in [1.165, 1.54) is 6.07 Å². The first kappa shape index (κ1) is 15.0. The fourth-order valence-corrected chi connectivity index (χ4v) is 2.90. The molecule has 0 spiro atoms. The summed E-state index contributed by atoms with van der Waals surface area (Å²) in [6.45, 7) is 2.83. The van der Waals surface area contributed by atoms with E-state index in [0.29, 0.717) is 10.2 Å². The normalized spacial score (nSPS) is 22.3. The minimum atomic E-state index is -1.06. The summed E-state index contributed by atoms with van der Waals surface area (Å²) in [4.78, 5) is 23.5. The van der Waals surface area contributed by atoms with E-state index >= 15 is 0 Å². The van der Waals surface area contributed by atoms with Gasteiger partial charge in [-0.15, -0.1) is 0 Å². The van der Waals surface area contributed by atoms with Crippen LogP contribution in [0.3, 0.4) is 0 Å². The fourth-order valence-electron chi connectivity index (χ4n) is 2.43. The molecule has 0 aromatic heterocycles. The molecule has 20 heavy (non-hydrogen) atoms. The maximum Gasteiger partial charge on any atom is 0.337 e. The molecule has 0 saturated carbocycles. The second-order valence-electron chi connectivity index (χ2n) is 5.01. The summed E-state index contributed by atoms with van der Waals surface area (Å²) in [5.41, 5.74) is 0.390. The molecule has 2 unspecified atom stereocenters. The van der Waals surface area contributed by atoms with Gasteiger partial charge in [-0.2, -0.15) is 0 Å². The molecule has 1 saturated heterocycles. The SMILES string of the molecule is CC1CCCNC1C(=O)Nc1c(Br)cccc1C(=O)O. The van der Waals surface area contributed by atoms with Gasteiger partial charge in [-0.3, -0.25) is 4.79 Å². The summed E-state index contributed by atoms with van der Waals surface area (Å²) in [5, 5.41) is 15.1. The molecule has 1 aliphatic heterocycles. The third-order valence-electron chi connectivity index (χ3n) is 3.54. The number of nitrogens with one attached hydrogen (secondary N) is 2. The second-order valence-corrected chi connectivity index (χ2v) is 5.86. The lowest BCUT2D eigenvalue weighted by molar-refractivity contribution is -0.119. The van der Waals surface area contributed by atoms with Gasteiger partial charge in [-0.25, -0.2) is 4.79 Å². The summed E-state index contributed by atoms with van der Waals surface area (Å²) in [6.07, 6.45) is 2.05. The summed E-state index contributed by atoms with van der Waals surface area (Å²) in [5.74, 6) is -1.02. The molecule has 5 nitrogen and oxygen atoms in total. The number of carboxylic acids is 1. The van der Waals surface area contributed by atoms with Gasteiger partial charge in [-0.1, -0.05) is 13.0 Å². The molecular formula is C14H17BrN2O3. The number of carbonyl (C=O) groups is 2. The van der Waals surface area contributed by atoms with Gasteiger partial charge in [-0.05, 0) is 53.4 Å². The van der Waals surface area contributed by atoms with Crippen LogP contribution in [0.15, 0.2) is 22.7 Å². The number of benzene rings is 1. The van der Waals surface area contributed by atoms with Gasteiger partial charge >= 0.3 is 5.97 Å². The molecule has 1 heterocycles. The Hall–Kier alpha value is -1.40. The lowest BCUT2D eigenvalue weighted by atomic mass is 9.92. The first-order valence-corrected chi connectivity index (χ1v) is 7.36. The predicted octanol–water partition coefficient (Wildman–Crippen LogP) is 2.47. The highest BCUT2D eigenvalue weighted by Crippen LogP contribution is 2.27. The Morgan fingerprint density at radius 3 is 2.85 bits per heavy atom. The number of hydrogen-bond acceptors (Lipinski definition) is 3. The number of amides is 1. The maximum atomic E-state index is 12.3. The summed E-state index contributed by atoms with van der Waals surface area (Å²) in [6, 6.07) is 4.53. The van der Waals surface area contributed by atoms with Crippen molar-refractivity contribution < 1.29 is 14.7 Å². The van der Waals surface area contributed by atoms with Gasteiger partial charge in [0.05, 0.1) is 17.3 Å². The number of hydrogen-bond donors (Lipinski definition) is 3. The van der Waals surface area contributed by atoms with Crippen molar-refractivity contribution in [3.8, 4) is 0 Å². The van der Waals surface area contributed by atoms with Crippen LogP contribution in [0.5, 0.6) is 0 Å². The van der Waals surface area contributed by atoms with E-state index in [1.807, 2.05) is 6.92 Å². The Morgan fingerprint density at radius 1 is 1.45 bits per heavy atom. The third-order valence-corrected chi connectivity index (χ3v) is 4.21. The van der Waals surface area contributed by atoms with Crippen molar-refractivity contribution in [3.63, 3.8) is 0 Å². The first-order chi connectivity index (χ1) is 9.50. The topological polar surface area (TPSA) is 78.4 Å². The summed E-state index contributed by atoms with van der Waals surface area (Å²) >= 11 is 3.28. The molecule has 1 aromatic rings. The van der Waals surface area contributed by atoms with Crippen LogP contribution in [-0.2, 0) is 4.79 Å². The van der Waals surface area contributed by atoms with Gasteiger partial charge in [0.1, 0.15) is 0 Å². The van der Waals surface area contributed by atoms with Crippen molar-refractivity contribution in [2.45, 2.75) is 25.8 Å². The van der Waals surface area contributed by atoms with E-state index in [0.717, 1.165) is 19.4 Å². The van der Waals surface area contributed by atoms with E-state index < -0.39 is 5.97 Å². The van der Waals surface area contributed by atoms with Crippen LogP contribution < -0.4 is 10.6 Å². The number of rotatable bonds is 3. The van der Waals surface area contributed by atoms with Gasteiger partial charge in [0, 0.05) is 4.47 Å². The van der Waals surface area contributed by atoms with Crippen LogP contribution in [-0.4, -0.2) is 29.6 Å². The number of carbonyl (C=O) groups excluding carboxylic acids is 1. The fraction of sp³-hybridized carbons (Fsp3) is 0.429. The van der Waals surface area contributed by atoms with Crippen LogP contribution in [0.25, 0.3) is 0 Å². The zero-order valence-electron chi connectivity index (χ0n) is 11.1. The van der Waals surface area contributed by atoms with Crippen molar-refractivity contribution >= 4 is 33.5 Å². The Bertz CT molecular complexity index is 533. The minimum absolute atomic E-state index is 0.0798. The number of piperidine rings is 1.